The van der Waals surface area contributed by atoms with Crippen LogP contribution in [0.1, 0.15) is 51.3 Å². The molecule has 116 valence electrons. The smallest absolute Gasteiger partial charge is 0.307 e. The highest BCUT2D eigenvalue weighted by molar-refractivity contribution is 5.71. The maximum absolute atomic E-state index is 11.8. The summed E-state index contributed by atoms with van der Waals surface area (Å²) in [5, 5.41) is 3.36. The Morgan fingerprint density at radius 1 is 1.43 bits per heavy atom. The lowest BCUT2D eigenvalue weighted by molar-refractivity contribution is -0.143. The molecule has 1 aromatic rings. The Morgan fingerprint density at radius 3 is 2.86 bits per heavy atom. The Morgan fingerprint density at radius 2 is 2.19 bits per heavy atom. The normalized spacial score (nSPS) is 17.0. The van der Waals surface area contributed by atoms with Crippen molar-refractivity contribution in [3.8, 4) is 5.75 Å². The Hall–Kier alpha value is -1.55. The van der Waals surface area contributed by atoms with Gasteiger partial charge in [0.25, 0.3) is 0 Å². The van der Waals surface area contributed by atoms with Crippen molar-refractivity contribution in [1.82, 2.24) is 5.32 Å². The first-order chi connectivity index (χ1) is 9.96. The number of fused-ring (bicyclic) bond motifs is 1. The van der Waals surface area contributed by atoms with E-state index in [1.807, 2.05) is 26.0 Å². The molecule has 21 heavy (non-hydrogen) atoms. The van der Waals surface area contributed by atoms with Gasteiger partial charge in [0.1, 0.15) is 11.4 Å². The van der Waals surface area contributed by atoms with Gasteiger partial charge in [0.15, 0.2) is 0 Å². The average Bonchev–Trinajstić information content (AvgIpc) is 2.72. The summed E-state index contributed by atoms with van der Waals surface area (Å²) < 4.78 is 11.2. The standard InChI is InChI=1S/C17H25NO3/c1-5-18-14(10-15(19)20-6-2)13-9-7-8-12-11-17(3,4)21-16(12)13/h7-9,14,18H,5-6,10-11H2,1-4H3. The molecule has 0 saturated carbocycles. The van der Waals surface area contributed by atoms with Crippen LogP contribution in [0.4, 0.5) is 0 Å². The molecule has 4 nitrogen and oxygen atoms in total. The van der Waals surface area contributed by atoms with Crippen LogP contribution in [0.2, 0.25) is 0 Å². The molecule has 1 N–H and O–H groups in total. The van der Waals surface area contributed by atoms with Gasteiger partial charge in [0, 0.05) is 18.0 Å². The molecule has 1 atom stereocenters. The lowest BCUT2D eigenvalue weighted by atomic mass is 9.97. The lowest BCUT2D eigenvalue weighted by Crippen LogP contribution is -2.27. The molecule has 1 aliphatic heterocycles. The van der Waals surface area contributed by atoms with Crippen molar-refractivity contribution in [2.24, 2.45) is 0 Å². The van der Waals surface area contributed by atoms with Crippen LogP contribution >= 0.6 is 0 Å². The highest BCUT2D eigenvalue weighted by Gasteiger charge is 2.33. The van der Waals surface area contributed by atoms with Gasteiger partial charge in [-0.05, 0) is 32.9 Å². The minimum atomic E-state index is -0.182. The summed E-state index contributed by atoms with van der Waals surface area (Å²) in [4.78, 5) is 11.8. The van der Waals surface area contributed by atoms with Gasteiger partial charge in [-0.15, -0.1) is 0 Å². The van der Waals surface area contributed by atoms with Crippen molar-refractivity contribution >= 4 is 5.97 Å². The van der Waals surface area contributed by atoms with E-state index in [1.165, 1.54) is 5.56 Å². The number of ether oxygens (including phenoxy) is 2. The zero-order valence-corrected chi connectivity index (χ0v) is 13.4. The summed E-state index contributed by atoms with van der Waals surface area (Å²) in [5.41, 5.74) is 2.08. The van der Waals surface area contributed by atoms with Crippen LogP contribution in [0.3, 0.4) is 0 Å². The van der Waals surface area contributed by atoms with E-state index in [2.05, 4.69) is 25.2 Å². The minimum absolute atomic E-state index is 0.0714. The number of nitrogens with one attached hydrogen (secondary N) is 1. The third kappa shape index (κ3) is 3.76. The summed E-state index contributed by atoms with van der Waals surface area (Å²) in [7, 11) is 0. The molecule has 0 saturated heterocycles. The molecule has 0 amide bonds. The third-order valence-corrected chi connectivity index (χ3v) is 3.62. The zero-order chi connectivity index (χ0) is 15.5. The number of hydrogen-bond donors (Lipinski definition) is 1. The Balaban J connectivity index is 2.26. The van der Waals surface area contributed by atoms with E-state index in [4.69, 9.17) is 9.47 Å². The van der Waals surface area contributed by atoms with E-state index < -0.39 is 0 Å². The average molecular weight is 291 g/mol. The second kappa shape index (κ2) is 6.48. The highest BCUT2D eigenvalue weighted by atomic mass is 16.5. The van der Waals surface area contributed by atoms with E-state index in [1.54, 1.807) is 0 Å². The second-order valence-electron chi connectivity index (χ2n) is 5.99. The number of rotatable bonds is 6. The minimum Gasteiger partial charge on any atom is -0.487 e. The van der Waals surface area contributed by atoms with Gasteiger partial charge < -0.3 is 14.8 Å². The van der Waals surface area contributed by atoms with Gasteiger partial charge in [0.05, 0.1) is 13.0 Å². The number of carbonyl (C=O) groups excluding carboxylic acids is 1. The predicted octanol–water partition coefficient (Wildman–Crippen LogP) is 3.00. The molecule has 4 heteroatoms. The van der Waals surface area contributed by atoms with Gasteiger partial charge in [-0.2, -0.15) is 0 Å². The number of hydrogen-bond acceptors (Lipinski definition) is 4. The van der Waals surface area contributed by atoms with E-state index in [9.17, 15) is 4.79 Å². The summed E-state index contributed by atoms with van der Waals surface area (Å²) in [6, 6.07) is 6.10. The van der Waals surface area contributed by atoms with Crippen molar-refractivity contribution < 1.29 is 14.3 Å². The molecule has 0 spiro atoms. The molecule has 0 fully saturated rings. The van der Waals surface area contributed by atoms with Gasteiger partial charge >= 0.3 is 5.97 Å². The largest absolute Gasteiger partial charge is 0.487 e. The summed E-state index contributed by atoms with van der Waals surface area (Å²) >= 11 is 0. The number of esters is 1. The first kappa shape index (κ1) is 15.8. The molecule has 0 bridgehead atoms. The summed E-state index contributed by atoms with van der Waals surface area (Å²) in [6.45, 7) is 9.23. The number of para-hydroxylation sites is 1. The third-order valence-electron chi connectivity index (χ3n) is 3.62. The van der Waals surface area contributed by atoms with Crippen LogP contribution in [-0.2, 0) is 16.0 Å². The van der Waals surface area contributed by atoms with Crippen LogP contribution in [0.25, 0.3) is 0 Å². The lowest BCUT2D eigenvalue weighted by Gasteiger charge is -2.22. The van der Waals surface area contributed by atoms with Crippen LogP contribution in [0.15, 0.2) is 18.2 Å². The number of carbonyl (C=O) groups is 1. The summed E-state index contributed by atoms with van der Waals surface area (Å²) in [6.07, 6.45) is 1.22. The molecule has 0 aliphatic carbocycles. The highest BCUT2D eigenvalue weighted by Crippen LogP contribution is 2.40. The Kier molecular flexibility index (Phi) is 4.88. The zero-order valence-electron chi connectivity index (χ0n) is 13.4. The van der Waals surface area contributed by atoms with E-state index in [-0.39, 0.29) is 17.6 Å². The molecular formula is C17H25NO3. The fraction of sp³-hybridized carbons (Fsp3) is 0.588. The van der Waals surface area contributed by atoms with E-state index in [0.29, 0.717) is 13.0 Å². The SMILES string of the molecule is CCNC(CC(=O)OCC)c1cccc2c1OC(C)(C)C2. The molecule has 1 aromatic carbocycles. The monoisotopic (exact) mass is 291 g/mol. The maximum atomic E-state index is 11.8. The summed E-state index contributed by atoms with van der Waals surface area (Å²) in [5.74, 6) is 0.746. The molecule has 1 heterocycles. The van der Waals surface area contributed by atoms with Crippen molar-refractivity contribution in [3.63, 3.8) is 0 Å². The Labute approximate surface area is 126 Å². The fourth-order valence-electron chi connectivity index (χ4n) is 2.84. The molecular weight excluding hydrogens is 266 g/mol. The first-order valence-electron chi connectivity index (χ1n) is 7.66. The van der Waals surface area contributed by atoms with Crippen LogP contribution in [0.5, 0.6) is 5.75 Å². The topological polar surface area (TPSA) is 47.6 Å². The molecule has 1 aliphatic rings. The predicted molar refractivity (Wildman–Crippen MR) is 82.5 cm³/mol. The molecule has 1 unspecified atom stereocenters. The molecule has 2 rings (SSSR count). The van der Waals surface area contributed by atoms with E-state index >= 15 is 0 Å². The van der Waals surface area contributed by atoms with Gasteiger partial charge in [-0.1, -0.05) is 25.1 Å². The maximum Gasteiger partial charge on any atom is 0.307 e. The van der Waals surface area contributed by atoms with Crippen molar-refractivity contribution in [2.75, 3.05) is 13.2 Å². The molecule has 0 aromatic heterocycles. The van der Waals surface area contributed by atoms with Gasteiger partial charge in [-0.25, -0.2) is 0 Å². The number of benzene rings is 1. The van der Waals surface area contributed by atoms with Crippen LogP contribution in [-0.4, -0.2) is 24.7 Å². The first-order valence-corrected chi connectivity index (χ1v) is 7.66. The second-order valence-corrected chi connectivity index (χ2v) is 5.99. The van der Waals surface area contributed by atoms with Crippen molar-refractivity contribution in [2.45, 2.75) is 52.2 Å². The van der Waals surface area contributed by atoms with Crippen LogP contribution < -0.4 is 10.1 Å². The Bertz CT molecular complexity index is 511. The quantitative estimate of drug-likeness (QED) is 0.819. The van der Waals surface area contributed by atoms with Gasteiger partial charge in [-0.3, -0.25) is 4.79 Å². The van der Waals surface area contributed by atoms with Crippen molar-refractivity contribution in [3.05, 3.63) is 29.3 Å². The van der Waals surface area contributed by atoms with Gasteiger partial charge in [0.2, 0.25) is 0 Å². The molecule has 0 radical (unpaired) electrons. The van der Waals surface area contributed by atoms with Crippen molar-refractivity contribution in [1.29, 1.82) is 0 Å². The van der Waals surface area contributed by atoms with Crippen LogP contribution in [0, 0.1) is 0 Å². The van der Waals surface area contributed by atoms with E-state index in [0.717, 1.165) is 24.3 Å². The fourth-order valence-corrected chi connectivity index (χ4v) is 2.84.